The van der Waals surface area contributed by atoms with Gasteiger partial charge in [-0.25, -0.2) is 14.4 Å². The lowest BCUT2D eigenvalue weighted by molar-refractivity contribution is 0.616. The standard InChI is InChI=1S/C25H20FN3OS2/c1-2-16-9-11-17(12-10-16)14-29-24(30)22-21(19-7-5-13-27-23(19)32-22)28-25(29)31-15-18-6-3-4-8-20(18)26/h3-13H,2,14-15H2,1H3. The molecular formula is C25H20FN3OS2. The van der Waals surface area contributed by atoms with E-state index < -0.39 is 0 Å². The summed E-state index contributed by atoms with van der Waals surface area (Å²) in [5.41, 5.74) is 3.43. The molecule has 0 aliphatic heterocycles. The van der Waals surface area contributed by atoms with Gasteiger partial charge < -0.3 is 0 Å². The lowest BCUT2D eigenvalue weighted by atomic mass is 10.1. The van der Waals surface area contributed by atoms with Gasteiger partial charge in [0.2, 0.25) is 0 Å². The Bertz CT molecular complexity index is 1470. The van der Waals surface area contributed by atoms with Crippen LogP contribution in [0.2, 0.25) is 0 Å². The maximum Gasteiger partial charge on any atom is 0.272 e. The number of benzene rings is 2. The van der Waals surface area contributed by atoms with Gasteiger partial charge in [0.1, 0.15) is 15.3 Å². The molecule has 0 amide bonds. The first kappa shape index (κ1) is 20.8. The van der Waals surface area contributed by atoms with E-state index in [-0.39, 0.29) is 11.4 Å². The van der Waals surface area contributed by atoms with Crippen LogP contribution in [0.3, 0.4) is 0 Å². The Labute approximate surface area is 192 Å². The van der Waals surface area contributed by atoms with Crippen LogP contribution in [0.5, 0.6) is 0 Å². The van der Waals surface area contributed by atoms with Gasteiger partial charge in [0, 0.05) is 17.3 Å². The van der Waals surface area contributed by atoms with E-state index in [0.717, 1.165) is 22.2 Å². The third-order valence-electron chi connectivity index (χ3n) is 5.40. The Morgan fingerprint density at radius 1 is 1.03 bits per heavy atom. The zero-order chi connectivity index (χ0) is 22.1. The van der Waals surface area contributed by atoms with Crippen LogP contribution in [-0.2, 0) is 18.7 Å². The minimum Gasteiger partial charge on any atom is -0.282 e. The van der Waals surface area contributed by atoms with Crippen LogP contribution in [-0.4, -0.2) is 14.5 Å². The topological polar surface area (TPSA) is 47.8 Å². The quantitative estimate of drug-likeness (QED) is 0.228. The zero-order valence-corrected chi connectivity index (χ0v) is 19.0. The molecular weight excluding hydrogens is 441 g/mol. The molecule has 4 nitrogen and oxygen atoms in total. The van der Waals surface area contributed by atoms with Crippen molar-refractivity contribution in [1.29, 1.82) is 0 Å². The fourth-order valence-corrected chi connectivity index (χ4v) is 5.62. The molecule has 0 N–H and O–H groups in total. The lowest BCUT2D eigenvalue weighted by Gasteiger charge is -2.13. The van der Waals surface area contributed by atoms with Crippen LogP contribution in [0, 0.1) is 5.82 Å². The van der Waals surface area contributed by atoms with Gasteiger partial charge in [-0.3, -0.25) is 9.36 Å². The number of thioether (sulfide) groups is 1. The van der Waals surface area contributed by atoms with Crippen LogP contribution in [0.1, 0.15) is 23.6 Å². The number of rotatable bonds is 6. The summed E-state index contributed by atoms with van der Waals surface area (Å²) in [5, 5.41) is 1.45. The minimum absolute atomic E-state index is 0.0893. The van der Waals surface area contributed by atoms with Crippen LogP contribution in [0.4, 0.5) is 4.39 Å². The summed E-state index contributed by atoms with van der Waals surface area (Å²) in [6.07, 6.45) is 2.69. The molecule has 0 spiro atoms. The molecule has 0 aliphatic rings. The first-order valence-corrected chi connectivity index (χ1v) is 12.2. The minimum atomic E-state index is -0.254. The second-order valence-corrected chi connectivity index (χ2v) is 9.41. The third kappa shape index (κ3) is 3.94. The SMILES string of the molecule is CCc1ccc(Cn2c(SCc3ccccc3F)nc3c(sc4ncccc43)c2=O)cc1. The largest absolute Gasteiger partial charge is 0.282 e. The van der Waals surface area contributed by atoms with Gasteiger partial charge in [0.05, 0.1) is 12.1 Å². The van der Waals surface area contributed by atoms with Crippen molar-refractivity contribution in [3.63, 3.8) is 0 Å². The maximum absolute atomic E-state index is 14.2. The van der Waals surface area contributed by atoms with E-state index in [1.54, 1.807) is 22.9 Å². The number of aromatic nitrogens is 3. The van der Waals surface area contributed by atoms with Gasteiger partial charge in [-0.15, -0.1) is 11.3 Å². The van der Waals surface area contributed by atoms with E-state index in [2.05, 4.69) is 24.0 Å². The van der Waals surface area contributed by atoms with E-state index in [4.69, 9.17) is 4.98 Å². The van der Waals surface area contributed by atoms with E-state index >= 15 is 0 Å². The number of pyridine rings is 1. The molecule has 7 heteroatoms. The molecule has 0 radical (unpaired) electrons. The molecule has 0 unspecified atom stereocenters. The van der Waals surface area contributed by atoms with E-state index in [9.17, 15) is 9.18 Å². The van der Waals surface area contributed by atoms with Crippen molar-refractivity contribution in [3.05, 3.63) is 99.7 Å². The first-order chi connectivity index (χ1) is 15.6. The number of hydrogen-bond donors (Lipinski definition) is 0. The van der Waals surface area contributed by atoms with Crippen molar-refractivity contribution < 1.29 is 4.39 Å². The van der Waals surface area contributed by atoms with E-state index in [1.165, 1.54) is 34.7 Å². The van der Waals surface area contributed by atoms with E-state index in [0.29, 0.717) is 33.2 Å². The lowest BCUT2D eigenvalue weighted by Crippen LogP contribution is -2.23. The Hall–Kier alpha value is -3.03. The van der Waals surface area contributed by atoms with Crippen LogP contribution in [0.25, 0.3) is 20.4 Å². The molecule has 3 aromatic heterocycles. The molecule has 0 saturated carbocycles. The molecule has 5 aromatic rings. The average molecular weight is 462 g/mol. The zero-order valence-electron chi connectivity index (χ0n) is 17.4. The van der Waals surface area contributed by atoms with Gasteiger partial charge in [-0.1, -0.05) is 61.2 Å². The Kier molecular flexibility index (Phi) is 5.76. The molecule has 3 heterocycles. The predicted octanol–water partition coefficient (Wildman–Crippen LogP) is 6.05. The highest BCUT2D eigenvalue weighted by Crippen LogP contribution is 2.31. The molecule has 0 bridgehead atoms. The second kappa shape index (κ2) is 8.84. The molecule has 0 saturated heterocycles. The highest BCUT2D eigenvalue weighted by molar-refractivity contribution is 7.98. The fourth-order valence-electron chi connectivity index (χ4n) is 3.61. The molecule has 0 aliphatic carbocycles. The molecule has 0 fully saturated rings. The number of fused-ring (bicyclic) bond motifs is 3. The Morgan fingerprint density at radius 2 is 1.81 bits per heavy atom. The van der Waals surface area contributed by atoms with Crippen LogP contribution < -0.4 is 5.56 Å². The molecule has 2 aromatic carbocycles. The van der Waals surface area contributed by atoms with Crippen molar-refractivity contribution in [2.75, 3.05) is 0 Å². The van der Waals surface area contributed by atoms with E-state index in [1.807, 2.05) is 30.3 Å². The third-order valence-corrected chi connectivity index (χ3v) is 7.52. The first-order valence-electron chi connectivity index (χ1n) is 10.4. The highest BCUT2D eigenvalue weighted by Gasteiger charge is 2.17. The Balaban J connectivity index is 1.62. The molecule has 32 heavy (non-hydrogen) atoms. The summed E-state index contributed by atoms with van der Waals surface area (Å²) in [6.45, 7) is 2.53. The highest BCUT2D eigenvalue weighted by atomic mass is 32.2. The fraction of sp³-hybridized carbons (Fsp3) is 0.160. The van der Waals surface area contributed by atoms with Crippen LogP contribution >= 0.6 is 23.1 Å². The monoisotopic (exact) mass is 461 g/mol. The van der Waals surface area contributed by atoms with Gasteiger partial charge in [0.15, 0.2) is 5.16 Å². The summed E-state index contributed by atoms with van der Waals surface area (Å²) in [6, 6.07) is 18.8. The van der Waals surface area contributed by atoms with Gasteiger partial charge in [-0.05, 0) is 41.3 Å². The smallest absolute Gasteiger partial charge is 0.272 e. The molecule has 5 rings (SSSR count). The molecule has 160 valence electrons. The number of nitrogens with zero attached hydrogens (tertiary/aromatic N) is 3. The second-order valence-electron chi connectivity index (χ2n) is 7.47. The number of halogens is 1. The summed E-state index contributed by atoms with van der Waals surface area (Å²) in [7, 11) is 0. The van der Waals surface area contributed by atoms with Gasteiger partial charge >= 0.3 is 0 Å². The van der Waals surface area contributed by atoms with Crippen molar-refractivity contribution in [2.24, 2.45) is 0 Å². The summed E-state index contributed by atoms with van der Waals surface area (Å²) in [5.74, 6) is 0.134. The van der Waals surface area contributed by atoms with Gasteiger partial charge in [-0.2, -0.15) is 0 Å². The van der Waals surface area contributed by atoms with Gasteiger partial charge in [0.25, 0.3) is 5.56 Å². The maximum atomic E-state index is 14.2. The van der Waals surface area contributed by atoms with Crippen molar-refractivity contribution in [3.8, 4) is 0 Å². The summed E-state index contributed by atoms with van der Waals surface area (Å²) >= 11 is 2.75. The average Bonchev–Trinajstić information content (AvgIpc) is 3.20. The van der Waals surface area contributed by atoms with Crippen molar-refractivity contribution >= 4 is 43.5 Å². The molecule has 0 atom stereocenters. The summed E-state index contributed by atoms with van der Waals surface area (Å²) in [4.78, 5) is 23.6. The van der Waals surface area contributed by atoms with Crippen molar-refractivity contribution in [2.45, 2.75) is 30.8 Å². The number of aryl methyl sites for hydroxylation is 1. The predicted molar refractivity (Wildman–Crippen MR) is 130 cm³/mol. The normalized spacial score (nSPS) is 11.4. The Morgan fingerprint density at radius 3 is 2.59 bits per heavy atom. The van der Waals surface area contributed by atoms with Crippen LogP contribution in [0.15, 0.2) is 76.8 Å². The van der Waals surface area contributed by atoms with Crippen molar-refractivity contribution in [1.82, 2.24) is 14.5 Å². The number of hydrogen-bond acceptors (Lipinski definition) is 5. The number of thiophene rings is 1. The summed E-state index contributed by atoms with van der Waals surface area (Å²) < 4.78 is 16.5.